The van der Waals surface area contributed by atoms with Gasteiger partial charge in [-0.3, -0.25) is 4.99 Å². The smallest absolute Gasteiger partial charge is 0.188 e. The van der Waals surface area contributed by atoms with Crippen molar-refractivity contribution in [1.82, 2.24) is 5.32 Å². The number of fused-ring (bicyclic) bond motifs is 1. The third-order valence-electron chi connectivity index (χ3n) is 3.92. The Hall–Kier alpha value is -2.07. The second-order valence-corrected chi connectivity index (χ2v) is 5.42. The summed E-state index contributed by atoms with van der Waals surface area (Å²) in [6, 6.07) is 15.4. The number of hydrogen-bond donors (Lipinski definition) is 2. The van der Waals surface area contributed by atoms with Crippen molar-refractivity contribution in [3.63, 3.8) is 0 Å². The Labute approximate surface area is 125 Å². The van der Waals surface area contributed by atoms with E-state index in [1.165, 1.54) is 16.3 Å². The Morgan fingerprint density at radius 2 is 2.10 bits per heavy atom. The number of nitrogens with one attached hydrogen (secondary N) is 1. The van der Waals surface area contributed by atoms with Crippen LogP contribution in [0.5, 0.6) is 0 Å². The molecule has 0 spiro atoms. The van der Waals surface area contributed by atoms with Crippen LogP contribution in [-0.2, 0) is 4.74 Å². The molecule has 2 aromatic carbocycles. The molecule has 1 aliphatic rings. The molecule has 0 amide bonds. The Bertz CT molecular complexity index is 648. The van der Waals surface area contributed by atoms with Crippen LogP contribution in [0.25, 0.3) is 10.8 Å². The highest BCUT2D eigenvalue weighted by Gasteiger charge is 2.39. The number of methoxy groups -OCH3 is 1. The third-order valence-corrected chi connectivity index (χ3v) is 3.92. The van der Waals surface area contributed by atoms with Crippen LogP contribution >= 0.6 is 0 Å². The SMILES string of the molecule is COCCN=C(N)N[C@@H]1C[C@H]1c1cccc2ccccc12. The Balaban J connectivity index is 1.68. The molecule has 2 atom stereocenters. The van der Waals surface area contributed by atoms with Crippen LogP contribution in [0.4, 0.5) is 0 Å². The monoisotopic (exact) mass is 283 g/mol. The first-order valence-electron chi connectivity index (χ1n) is 7.32. The fourth-order valence-corrected chi connectivity index (χ4v) is 2.77. The number of ether oxygens (including phenoxy) is 1. The van der Waals surface area contributed by atoms with E-state index in [1.807, 2.05) is 0 Å². The standard InChI is InChI=1S/C17H21N3O/c1-21-10-9-19-17(18)20-16-11-15(16)14-8-4-6-12-5-2-3-7-13(12)14/h2-8,15-16H,9-11H2,1H3,(H3,18,19,20)/t15-,16+/m0/s1. The first-order chi connectivity index (χ1) is 10.3. The lowest BCUT2D eigenvalue weighted by Gasteiger charge is -2.08. The predicted molar refractivity (Wildman–Crippen MR) is 86.6 cm³/mol. The van der Waals surface area contributed by atoms with Gasteiger partial charge in [-0.1, -0.05) is 42.5 Å². The lowest BCUT2D eigenvalue weighted by Crippen LogP contribution is -2.34. The number of guanidine groups is 1. The van der Waals surface area contributed by atoms with Crippen molar-refractivity contribution < 1.29 is 4.74 Å². The molecule has 0 bridgehead atoms. The van der Waals surface area contributed by atoms with Crippen molar-refractivity contribution in [1.29, 1.82) is 0 Å². The molecular formula is C17H21N3O. The average molecular weight is 283 g/mol. The molecule has 1 fully saturated rings. The van der Waals surface area contributed by atoms with Crippen LogP contribution in [0, 0.1) is 0 Å². The van der Waals surface area contributed by atoms with E-state index in [9.17, 15) is 0 Å². The van der Waals surface area contributed by atoms with Crippen LogP contribution in [0.1, 0.15) is 17.9 Å². The van der Waals surface area contributed by atoms with E-state index in [2.05, 4.69) is 52.8 Å². The summed E-state index contributed by atoms with van der Waals surface area (Å²) in [5.74, 6) is 1.03. The molecule has 1 aliphatic carbocycles. The van der Waals surface area contributed by atoms with E-state index in [-0.39, 0.29) is 0 Å². The average Bonchev–Trinajstić information content (AvgIpc) is 3.26. The summed E-state index contributed by atoms with van der Waals surface area (Å²) in [5.41, 5.74) is 7.29. The van der Waals surface area contributed by atoms with E-state index >= 15 is 0 Å². The number of hydrogen-bond acceptors (Lipinski definition) is 2. The number of rotatable bonds is 5. The van der Waals surface area contributed by atoms with E-state index < -0.39 is 0 Å². The molecule has 2 aromatic rings. The van der Waals surface area contributed by atoms with Crippen molar-refractivity contribution in [2.45, 2.75) is 18.4 Å². The Kier molecular flexibility index (Phi) is 4.06. The molecule has 0 aliphatic heterocycles. The maximum absolute atomic E-state index is 5.89. The van der Waals surface area contributed by atoms with E-state index in [0.29, 0.717) is 31.1 Å². The van der Waals surface area contributed by atoms with Gasteiger partial charge in [-0.25, -0.2) is 0 Å². The van der Waals surface area contributed by atoms with E-state index in [1.54, 1.807) is 7.11 Å². The summed E-state index contributed by atoms with van der Waals surface area (Å²) in [5, 5.41) is 5.93. The van der Waals surface area contributed by atoms with Gasteiger partial charge in [0.2, 0.25) is 0 Å². The first kappa shape index (κ1) is 13.9. The highest BCUT2D eigenvalue weighted by atomic mass is 16.5. The van der Waals surface area contributed by atoms with E-state index in [4.69, 9.17) is 10.5 Å². The number of nitrogens with two attached hydrogens (primary N) is 1. The van der Waals surface area contributed by atoms with Crippen LogP contribution in [0.15, 0.2) is 47.5 Å². The molecule has 1 saturated carbocycles. The highest BCUT2D eigenvalue weighted by Crippen LogP contribution is 2.43. The number of nitrogens with zero attached hydrogens (tertiary/aromatic N) is 1. The quantitative estimate of drug-likeness (QED) is 0.502. The zero-order chi connectivity index (χ0) is 14.7. The van der Waals surface area contributed by atoms with Crippen molar-refractivity contribution in [3.8, 4) is 0 Å². The van der Waals surface area contributed by atoms with Crippen LogP contribution in [0.2, 0.25) is 0 Å². The summed E-state index contributed by atoms with van der Waals surface area (Å²) in [6.07, 6.45) is 1.11. The minimum Gasteiger partial charge on any atom is -0.383 e. The lowest BCUT2D eigenvalue weighted by molar-refractivity contribution is 0.208. The van der Waals surface area contributed by atoms with Gasteiger partial charge < -0.3 is 15.8 Å². The van der Waals surface area contributed by atoms with Gasteiger partial charge in [0.1, 0.15) is 0 Å². The fraction of sp³-hybridized carbons (Fsp3) is 0.353. The van der Waals surface area contributed by atoms with Crippen LogP contribution in [-0.4, -0.2) is 32.3 Å². The predicted octanol–water partition coefficient (Wildman–Crippen LogP) is 2.25. The zero-order valence-corrected chi connectivity index (χ0v) is 12.3. The van der Waals surface area contributed by atoms with Gasteiger partial charge in [0.25, 0.3) is 0 Å². The van der Waals surface area contributed by atoms with Crippen LogP contribution < -0.4 is 11.1 Å². The molecule has 0 radical (unpaired) electrons. The third kappa shape index (κ3) is 3.16. The minimum atomic E-state index is 0.391. The van der Waals surface area contributed by atoms with E-state index in [0.717, 1.165) is 6.42 Å². The maximum atomic E-state index is 5.89. The van der Waals surface area contributed by atoms with Gasteiger partial charge in [-0.15, -0.1) is 0 Å². The van der Waals surface area contributed by atoms with Crippen LogP contribution in [0.3, 0.4) is 0 Å². The second-order valence-electron chi connectivity index (χ2n) is 5.42. The molecule has 0 heterocycles. The van der Waals surface area contributed by atoms with Crippen molar-refractivity contribution in [2.75, 3.05) is 20.3 Å². The summed E-state index contributed by atoms with van der Waals surface area (Å²) < 4.78 is 4.96. The summed E-state index contributed by atoms with van der Waals surface area (Å²) in [6.45, 7) is 1.20. The van der Waals surface area contributed by atoms with Gasteiger partial charge in [0.05, 0.1) is 13.2 Å². The second kappa shape index (κ2) is 6.14. The van der Waals surface area contributed by atoms with Gasteiger partial charge in [0.15, 0.2) is 5.96 Å². The molecule has 4 heteroatoms. The van der Waals surface area contributed by atoms with Gasteiger partial charge in [0, 0.05) is 19.1 Å². The topological polar surface area (TPSA) is 59.6 Å². The number of benzene rings is 2. The maximum Gasteiger partial charge on any atom is 0.188 e. The molecule has 0 unspecified atom stereocenters. The molecular weight excluding hydrogens is 262 g/mol. The summed E-state index contributed by atoms with van der Waals surface area (Å²) in [4.78, 5) is 4.24. The van der Waals surface area contributed by atoms with Crippen molar-refractivity contribution in [2.24, 2.45) is 10.7 Å². The molecule has 3 N–H and O–H groups in total. The fourth-order valence-electron chi connectivity index (χ4n) is 2.77. The molecule has 0 aromatic heterocycles. The lowest BCUT2D eigenvalue weighted by atomic mass is 10.0. The zero-order valence-electron chi connectivity index (χ0n) is 12.3. The Morgan fingerprint density at radius 3 is 2.95 bits per heavy atom. The van der Waals surface area contributed by atoms with Gasteiger partial charge >= 0.3 is 0 Å². The highest BCUT2D eigenvalue weighted by molar-refractivity contribution is 5.87. The molecule has 0 saturated heterocycles. The first-order valence-corrected chi connectivity index (χ1v) is 7.32. The van der Waals surface area contributed by atoms with Crippen molar-refractivity contribution in [3.05, 3.63) is 48.0 Å². The summed E-state index contributed by atoms with van der Waals surface area (Å²) in [7, 11) is 1.66. The molecule has 4 nitrogen and oxygen atoms in total. The van der Waals surface area contributed by atoms with Gasteiger partial charge in [-0.05, 0) is 22.8 Å². The minimum absolute atomic E-state index is 0.391. The molecule has 21 heavy (non-hydrogen) atoms. The normalized spacial score (nSPS) is 21.5. The molecule has 110 valence electrons. The Morgan fingerprint density at radius 1 is 1.29 bits per heavy atom. The summed E-state index contributed by atoms with van der Waals surface area (Å²) >= 11 is 0. The largest absolute Gasteiger partial charge is 0.383 e. The molecule has 3 rings (SSSR count). The van der Waals surface area contributed by atoms with Gasteiger partial charge in [-0.2, -0.15) is 0 Å². The van der Waals surface area contributed by atoms with Crippen molar-refractivity contribution >= 4 is 16.7 Å². The number of aliphatic imine (C=N–C) groups is 1.